The predicted octanol–water partition coefficient (Wildman–Crippen LogP) is 1.02. The van der Waals surface area contributed by atoms with Crippen LogP contribution in [-0.2, 0) is 6.18 Å². The van der Waals surface area contributed by atoms with E-state index in [1.807, 2.05) is 0 Å². The highest BCUT2D eigenvalue weighted by Crippen LogP contribution is 2.33. The third kappa shape index (κ3) is 3.50. The van der Waals surface area contributed by atoms with Crippen LogP contribution in [-0.4, -0.2) is 29.5 Å². The number of alkyl halides is 3. The summed E-state index contributed by atoms with van der Waals surface area (Å²) >= 11 is 0. The van der Waals surface area contributed by atoms with E-state index in [-0.39, 0.29) is 11.4 Å². The highest BCUT2D eigenvalue weighted by Gasteiger charge is 2.31. The van der Waals surface area contributed by atoms with Crippen LogP contribution in [0.4, 0.5) is 18.9 Å². The van der Waals surface area contributed by atoms with Gasteiger partial charge in [0.25, 0.3) is 0 Å². The third-order valence-corrected chi connectivity index (χ3v) is 2.04. The molecule has 17 heavy (non-hydrogen) atoms. The van der Waals surface area contributed by atoms with E-state index < -0.39 is 31.1 Å². The summed E-state index contributed by atoms with van der Waals surface area (Å²) in [5, 5.41) is 17.5. The molecule has 0 saturated carbocycles. The lowest BCUT2D eigenvalue weighted by molar-refractivity contribution is -0.137. The zero-order valence-corrected chi connectivity index (χ0v) is 8.74. The molecule has 0 aliphatic heterocycles. The van der Waals surface area contributed by atoms with Crippen molar-refractivity contribution in [1.29, 1.82) is 0 Å². The molecule has 0 aliphatic carbocycles. The molecule has 1 aromatic carbocycles. The maximum atomic E-state index is 12.3. The first-order chi connectivity index (χ1) is 7.88. The van der Waals surface area contributed by atoms with Gasteiger partial charge in [0.15, 0.2) is 0 Å². The van der Waals surface area contributed by atoms with Gasteiger partial charge in [0, 0.05) is 0 Å². The Kier molecular flexibility index (Phi) is 4.19. The number of aliphatic hydroxyl groups is 2. The van der Waals surface area contributed by atoms with Crippen molar-refractivity contribution < 1.29 is 28.1 Å². The summed E-state index contributed by atoms with van der Waals surface area (Å²) in [4.78, 5) is 0. The van der Waals surface area contributed by atoms with Crippen molar-refractivity contribution in [3.8, 4) is 5.75 Å². The molecule has 0 atom stereocenters. The second kappa shape index (κ2) is 5.24. The standard InChI is InChI=1S/C10H12F3NO3/c11-10(12,13)6-1-2-9(8(14)3-6)17-7(4-15)5-16/h1-3,7,15-16H,4-5,14H2. The fourth-order valence-corrected chi connectivity index (χ4v) is 1.14. The minimum absolute atomic E-state index is 0.00824. The number of halogens is 3. The largest absolute Gasteiger partial charge is 0.483 e. The summed E-state index contributed by atoms with van der Waals surface area (Å²) in [6.07, 6.45) is -5.38. The molecule has 0 radical (unpaired) electrons. The summed E-state index contributed by atoms with van der Waals surface area (Å²) in [5.41, 5.74) is 4.30. The number of benzene rings is 1. The Bertz CT molecular complexity index is 378. The molecular formula is C10H12F3NO3. The van der Waals surface area contributed by atoms with Crippen molar-refractivity contribution in [3.63, 3.8) is 0 Å². The zero-order chi connectivity index (χ0) is 13.1. The lowest BCUT2D eigenvalue weighted by Crippen LogP contribution is -2.25. The van der Waals surface area contributed by atoms with Crippen LogP contribution in [0.15, 0.2) is 18.2 Å². The summed E-state index contributed by atoms with van der Waals surface area (Å²) in [6, 6.07) is 2.61. The summed E-state index contributed by atoms with van der Waals surface area (Å²) in [7, 11) is 0. The van der Waals surface area contributed by atoms with Crippen molar-refractivity contribution in [2.24, 2.45) is 0 Å². The molecule has 0 aromatic heterocycles. The molecule has 7 heteroatoms. The smallest absolute Gasteiger partial charge is 0.416 e. The third-order valence-electron chi connectivity index (χ3n) is 2.04. The van der Waals surface area contributed by atoms with Gasteiger partial charge in [-0.2, -0.15) is 13.2 Å². The number of nitrogen functional groups attached to an aromatic ring is 1. The predicted molar refractivity (Wildman–Crippen MR) is 54.4 cm³/mol. The number of hydrogen-bond acceptors (Lipinski definition) is 4. The van der Waals surface area contributed by atoms with Gasteiger partial charge in [-0.25, -0.2) is 0 Å². The van der Waals surface area contributed by atoms with Crippen LogP contribution in [0.1, 0.15) is 5.56 Å². The molecule has 96 valence electrons. The lowest BCUT2D eigenvalue weighted by Gasteiger charge is -2.16. The Morgan fingerprint density at radius 1 is 1.24 bits per heavy atom. The van der Waals surface area contributed by atoms with Crippen molar-refractivity contribution in [3.05, 3.63) is 23.8 Å². The van der Waals surface area contributed by atoms with E-state index in [2.05, 4.69) is 0 Å². The van der Waals surface area contributed by atoms with E-state index in [0.29, 0.717) is 0 Å². The van der Waals surface area contributed by atoms with Crippen LogP contribution in [0.2, 0.25) is 0 Å². The second-order valence-electron chi connectivity index (χ2n) is 3.36. The Balaban J connectivity index is 2.90. The van der Waals surface area contributed by atoms with Crippen LogP contribution in [0.5, 0.6) is 5.75 Å². The number of anilines is 1. The van der Waals surface area contributed by atoms with E-state index in [9.17, 15) is 13.2 Å². The highest BCUT2D eigenvalue weighted by atomic mass is 19.4. The monoisotopic (exact) mass is 251 g/mol. The highest BCUT2D eigenvalue weighted by molar-refractivity contribution is 5.54. The van der Waals surface area contributed by atoms with Gasteiger partial charge in [0.05, 0.1) is 24.5 Å². The average Bonchev–Trinajstić information content (AvgIpc) is 2.26. The molecule has 0 unspecified atom stereocenters. The molecule has 1 rings (SSSR count). The normalized spacial score (nSPS) is 11.9. The van der Waals surface area contributed by atoms with Gasteiger partial charge in [0.2, 0.25) is 0 Å². The summed E-state index contributed by atoms with van der Waals surface area (Å²) in [6.45, 7) is -0.923. The maximum Gasteiger partial charge on any atom is 0.416 e. The minimum atomic E-state index is -4.47. The quantitative estimate of drug-likeness (QED) is 0.698. The second-order valence-corrected chi connectivity index (χ2v) is 3.36. The first-order valence-electron chi connectivity index (χ1n) is 4.73. The number of rotatable bonds is 4. The molecule has 0 heterocycles. The van der Waals surface area contributed by atoms with E-state index in [1.54, 1.807) is 0 Å². The Morgan fingerprint density at radius 3 is 2.24 bits per heavy atom. The Morgan fingerprint density at radius 2 is 1.82 bits per heavy atom. The van der Waals surface area contributed by atoms with Gasteiger partial charge >= 0.3 is 6.18 Å². The topological polar surface area (TPSA) is 75.7 Å². The molecule has 1 aromatic rings. The van der Waals surface area contributed by atoms with Crippen molar-refractivity contribution >= 4 is 5.69 Å². The number of nitrogens with two attached hydrogens (primary N) is 1. The molecule has 4 nitrogen and oxygen atoms in total. The molecular weight excluding hydrogens is 239 g/mol. The van der Waals surface area contributed by atoms with Crippen LogP contribution in [0, 0.1) is 0 Å². The molecule has 0 saturated heterocycles. The maximum absolute atomic E-state index is 12.3. The van der Waals surface area contributed by atoms with Gasteiger partial charge in [-0.15, -0.1) is 0 Å². The van der Waals surface area contributed by atoms with Gasteiger partial charge in [0.1, 0.15) is 11.9 Å². The summed E-state index contributed by atoms with van der Waals surface area (Å²) < 4.78 is 42.0. The molecule has 0 bridgehead atoms. The average molecular weight is 251 g/mol. The van der Waals surface area contributed by atoms with Crippen LogP contribution in [0.25, 0.3) is 0 Å². The van der Waals surface area contributed by atoms with Crippen LogP contribution < -0.4 is 10.5 Å². The number of ether oxygens (including phenoxy) is 1. The molecule has 0 amide bonds. The van der Waals surface area contributed by atoms with E-state index in [1.165, 1.54) is 0 Å². The number of aliphatic hydroxyl groups excluding tert-OH is 2. The SMILES string of the molecule is Nc1cc(C(F)(F)F)ccc1OC(CO)CO. The molecule has 0 fully saturated rings. The Labute approximate surface area is 95.4 Å². The van der Waals surface area contributed by atoms with E-state index in [4.69, 9.17) is 20.7 Å². The molecule has 0 aliphatic rings. The first-order valence-corrected chi connectivity index (χ1v) is 4.73. The van der Waals surface area contributed by atoms with Crippen LogP contribution in [0.3, 0.4) is 0 Å². The zero-order valence-electron chi connectivity index (χ0n) is 8.74. The van der Waals surface area contributed by atoms with Gasteiger partial charge in [-0.05, 0) is 18.2 Å². The molecule has 0 spiro atoms. The van der Waals surface area contributed by atoms with E-state index >= 15 is 0 Å². The van der Waals surface area contributed by atoms with Crippen molar-refractivity contribution in [1.82, 2.24) is 0 Å². The van der Waals surface area contributed by atoms with Gasteiger partial charge < -0.3 is 20.7 Å². The number of hydrogen-bond donors (Lipinski definition) is 3. The fraction of sp³-hybridized carbons (Fsp3) is 0.400. The Hall–Kier alpha value is -1.47. The molecule has 4 N–H and O–H groups in total. The van der Waals surface area contributed by atoms with E-state index in [0.717, 1.165) is 18.2 Å². The van der Waals surface area contributed by atoms with Crippen LogP contribution >= 0.6 is 0 Å². The first kappa shape index (κ1) is 13.6. The van der Waals surface area contributed by atoms with Crippen molar-refractivity contribution in [2.75, 3.05) is 18.9 Å². The fourth-order valence-electron chi connectivity index (χ4n) is 1.14. The lowest BCUT2D eigenvalue weighted by atomic mass is 10.2. The van der Waals surface area contributed by atoms with Gasteiger partial charge in [-0.3, -0.25) is 0 Å². The summed E-state index contributed by atoms with van der Waals surface area (Å²) in [5.74, 6) is -0.00824. The minimum Gasteiger partial charge on any atom is -0.483 e. The van der Waals surface area contributed by atoms with Gasteiger partial charge in [-0.1, -0.05) is 0 Å². The van der Waals surface area contributed by atoms with Crippen molar-refractivity contribution in [2.45, 2.75) is 12.3 Å².